The third-order valence-electron chi connectivity index (χ3n) is 5.43. The van der Waals surface area contributed by atoms with Gasteiger partial charge in [-0.05, 0) is 61.9 Å². The summed E-state index contributed by atoms with van der Waals surface area (Å²) < 4.78 is 0. The van der Waals surface area contributed by atoms with E-state index in [0.717, 1.165) is 48.1 Å². The minimum absolute atomic E-state index is 0.0882. The van der Waals surface area contributed by atoms with E-state index in [1.807, 2.05) is 48.5 Å². The molecule has 29 heavy (non-hydrogen) atoms. The molecule has 1 fully saturated rings. The second-order valence-corrected chi connectivity index (χ2v) is 8.08. The van der Waals surface area contributed by atoms with E-state index >= 15 is 0 Å². The van der Waals surface area contributed by atoms with Gasteiger partial charge in [-0.2, -0.15) is 0 Å². The van der Waals surface area contributed by atoms with Gasteiger partial charge in [0.25, 0.3) is 0 Å². The number of para-hydroxylation sites is 2. The molecule has 152 valence electrons. The van der Waals surface area contributed by atoms with Crippen LogP contribution in [0.25, 0.3) is 11.0 Å². The number of aromatic amines is 1. The predicted octanol–water partition coefficient (Wildman–Crippen LogP) is 4.10. The maximum Gasteiger partial charge on any atom is 0.315 e. The number of hydrogen-bond donors (Lipinski definition) is 4. The highest BCUT2D eigenvalue weighted by Gasteiger charge is 2.23. The lowest BCUT2D eigenvalue weighted by molar-refractivity contribution is 0.117. The number of rotatable bonds is 5. The number of halogens is 1. The van der Waals surface area contributed by atoms with Crippen molar-refractivity contribution in [3.05, 3.63) is 64.9 Å². The van der Waals surface area contributed by atoms with E-state index in [4.69, 9.17) is 11.6 Å². The normalized spacial score (nSPS) is 20.3. The number of amides is 2. The van der Waals surface area contributed by atoms with Crippen molar-refractivity contribution in [1.29, 1.82) is 0 Å². The Hall–Kier alpha value is -2.57. The number of carbonyl (C=O) groups is 1. The second-order valence-electron chi connectivity index (χ2n) is 7.65. The van der Waals surface area contributed by atoms with Gasteiger partial charge in [0.2, 0.25) is 0 Å². The number of H-pyrrole nitrogens is 1. The van der Waals surface area contributed by atoms with Crippen LogP contribution in [-0.4, -0.2) is 33.3 Å². The molecule has 0 saturated heterocycles. The van der Waals surface area contributed by atoms with Gasteiger partial charge in [0, 0.05) is 11.1 Å². The number of aliphatic hydroxyl groups excluding tert-OH is 1. The van der Waals surface area contributed by atoms with Crippen LogP contribution in [0.4, 0.5) is 4.79 Å². The molecule has 2 amide bonds. The van der Waals surface area contributed by atoms with Crippen molar-refractivity contribution < 1.29 is 9.90 Å². The monoisotopic (exact) mass is 412 g/mol. The molecule has 1 aliphatic rings. The largest absolute Gasteiger partial charge is 0.393 e. The lowest BCUT2D eigenvalue weighted by atomic mass is 9.93. The summed E-state index contributed by atoms with van der Waals surface area (Å²) in [4.78, 5) is 20.7. The summed E-state index contributed by atoms with van der Waals surface area (Å²) in [7, 11) is 0. The molecule has 2 aromatic carbocycles. The van der Waals surface area contributed by atoms with Gasteiger partial charge in [-0.15, -0.1) is 0 Å². The molecule has 1 heterocycles. The van der Waals surface area contributed by atoms with Crippen LogP contribution in [0.1, 0.15) is 43.1 Å². The van der Waals surface area contributed by atoms with Crippen LogP contribution in [0, 0.1) is 0 Å². The molecule has 1 atom stereocenters. The Labute approximate surface area is 174 Å². The van der Waals surface area contributed by atoms with Gasteiger partial charge in [-0.3, -0.25) is 0 Å². The quantitative estimate of drug-likeness (QED) is 0.508. The van der Waals surface area contributed by atoms with E-state index < -0.39 is 0 Å². The van der Waals surface area contributed by atoms with E-state index in [9.17, 15) is 9.90 Å². The topological polar surface area (TPSA) is 90.0 Å². The zero-order valence-corrected chi connectivity index (χ0v) is 16.8. The van der Waals surface area contributed by atoms with Crippen LogP contribution >= 0.6 is 11.6 Å². The first-order valence-corrected chi connectivity index (χ1v) is 10.4. The maximum absolute atomic E-state index is 12.7. The Morgan fingerprint density at radius 1 is 1.14 bits per heavy atom. The van der Waals surface area contributed by atoms with Crippen LogP contribution < -0.4 is 10.6 Å². The Bertz CT molecular complexity index is 931. The van der Waals surface area contributed by atoms with E-state index in [0.29, 0.717) is 11.4 Å². The van der Waals surface area contributed by atoms with Gasteiger partial charge in [0.1, 0.15) is 5.82 Å². The molecular weight excluding hydrogens is 388 g/mol. The molecule has 3 aromatic rings. The molecule has 1 aromatic heterocycles. The number of imidazole rings is 1. The van der Waals surface area contributed by atoms with E-state index in [2.05, 4.69) is 20.6 Å². The highest BCUT2D eigenvalue weighted by atomic mass is 35.5. The number of nitrogens with one attached hydrogen (secondary N) is 3. The fourth-order valence-electron chi connectivity index (χ4n) is 3.82. The number of aromatic nitrogens is 2. The van der Waals surface area contributed by atoms with Crippen molar-refractivity contribution in [2.24, 2.45) is 0 Å². The molecule has 0 bridgehead atoms. The lowest BCUT2D eigenvalue weighted by Gasteiger charge is -2.27. The summed E-state index contributed by atoms with van der Waals surface area (Å²) in [6.45, 7) is 0. The number of nitrogens with zero attached hydrogens (tertiary/aromatic N) is 1. The molecule has 7 heteroatoms. The number of aliphatic hydroxyl groups is 1. The van der Waals surface area contributed by atoms with Gasteiger partial charge < -0.3 is 20.7 Å². The summed E-state index contributed by atoms with van der Waals surface area (Å²) >= 11 is 6.01. The molecular formula is C22H25ClN4O2. The molecule has 4 N–H and O–H groups in total. The molecule has 1 aliphatic carbocycles. The lowest BCUT2D eigenvalue weighted by Crippen LogP contribution is -2.45. The number of hydrogen-bond acceptors (Lipinski definition) is 3. The number of carbonyl (C=O) groups excluding carboxylic acids is 1. The summed E-state index contributed by atoms with van der Waals surface area (Å²) in [6.07, 6.45) is 3.38. The molecule has 6 nitrogen and oxygen atoms in total. The highest BCUT2D eigenvalue weighted by Crippen LogP contribution is 2.22. The summed E-state index contributed by atoms with van der Waals surface area (Å²) in [6, 6.07) is 15.0. The first-order chi connectivity index (χ1) is 14.1. The third-order valence-corrected chi connectivity index (χ3v) is 5.68. The minimum Gasteiger partial charge on any atom is -0.393 e. The van der Waals surface area contributed by atoms with Crippen molar-refractivity contribution in [3.63, 3.8) is 0 Å². The predicted molar refractivity (Wildman–Crippen MR) is 114 cm³/mol. The zero-order valence-electron chi connectivity index (χ0n) is 16.1. The van der Waals surface area contributed by atoms with Crippen molar-refractivity contribution in [3.8, 4) is 0 Å². The average molecular weight is 413 g/mol. The molecule has 0 unspecified atom stereocenters. The van der Waals surface area contributed by atoms with Gasteiger partial charge >= 0.3 is 6.03 Å². The summed E-state index contributed by atoms with van der Waals surface area (Å²) in [5, 5.41) is 16.5. The van der Waals surface area contributed by atoms with Crippen LogP contribution in [0.3, 0.4) is 0 Å². The van der Waals surface area contributed by atoms with Crippen LogP contribution in [0.2, 0.25) is 5.02 Å². The fraction of sp³-hybridized carbons (Fsp3) is 0.364. The maximum atomic E-state index is 12.7. The Kier molecular flexibility index (Phi) is 6.02. The molecule has 0 spiro atoms. The average Bonchev–Trinajstić information content (AvgIpc) is 3.15. The van der Waals surface area contributed by atoms with Crippen LogP contribution in [0.5, 0.6) is 0 Å². The van der Waals surface area contributed by atoms with Gasteiger partial charge in [0.15, 0.2) is 0 Å². The van der Waals surface area contributed by atoms with E-state index in [1.165, 1.54) is 0 Å². The van der Waals surface area contributed by atoms with Crippen LogP contribution in [-0.2, 0) is 6.42 Å². The second kappa shape index (κ2) is 8.84. The Balaban J connectivity index is 1.50. The van der Waals surface area contributed by atoms with Crippen molar-refractivity contribution in [2.75, 3.05) is 0 Å². The van der Waals surface area contributed by atoms with Crippen LogP contribution in [0.15, 0.2) is 48.5 Å². The first-order valence-electron chi connectivity index (χ1n) is 10.0. The first kappa shape index (κ1) is 19.7. The molecule has 0 aliphatic heterocycles. The van der Waals surface area contributed by atoms with Crippen molar-refractivity contribution in [2.45, 2.75) is 50.3 Å². The molecule has 4 rings (SSSR count). The van der Waals surface area contributed by atoms with Gasteiger partial charge in [0.05, 0.1) is 23.2 Å². The molecule has 0 radical (unpaired) electrons. The van der Waals surface area contributed by atoms with Crippen molar-refractivity contribution in [1.82, 2.24) is 20.6 Å². The number of urea groups is 1. The van der Waals surface area contributed by atoms with E-state index in [1.54, 1.807) is 0 Å². The summed E-state index contributed by atoms with van der Waals surface area (Å²) in [5.74, 6) is 0.718. The minimum atomic E-state index is -0.308. The SMILES string of the molecule is O=C(N[C@H](Cc1ccc(Cl)cc1)c1nc2ccccc2[nH]1)N[C@H]1CC[C@H](O)CC1. The highest BCUT2D eigenvalue weighted by molar-refractivity contribution is 6.30. The number of fused-ring (bicyclic) bond motifs is 1. The fourth-order valence-corrected chi connectivity index (χ4v) is 3.94. The zero-order chi connectivity index (χ0) is 20.2. The number of benzene rings is 2. The van der Waals surface area contributed by atoms with Gasteiger partial charge in [-0.1, -0.05) is 35.9 Å². The van der Waals surface area contributed by atoms with E-state index in [-0.39, 0.29) is 24.2 Å². The van der Waals surface area contributed by atoms with Crippen molar-refractivity contribution >= 4 is 28.7 Å². The summed E-state index contributed by atoms with van der Waals surface area (Å²) in [5.41, 5.74) is 2.86. The standard InChI is InChI=1S/C22H25ClN4O2/c23-15-7-5-14(6-8-15)13-20(21-25-18-3-1-2-4-19(18)26-21)27-22(29)24-16-9-11-17(28)12-10-16/h1-8,16-17,20,28H,9-13H2,(H,25,26)(H2,24,27,29)/t16-,17-,20-/m1/s1. The Morgan fingerprint density at radius 2 is 1.86 bits per heavy atom. The third kappa shape index (κ3) is 5.08. The smallest absolute Gasteiger partial charge is 0.315 e. The Morgan fingerprint density at radius 3 is 2.59 bits per heavy atom. The molecule has 1 saturated carbocycles. The van der Waals surface area contributed by atoms with Gasteiger partial charge in [-0.25, -0.2) is 9.78 Å².